The fraction of sp³-hybridized carbons (Fsp3) is 0.100. The minimum atomic E-state index is 0.685. The van der Waals surface area contributed by atoms with E-state index >= 15 is 0 Å². The number of rotatable bonds is 1. The monoisotopic (exact) mass is 222 g/mol. The summed E-state index contributed by atoms with van der Waals surface area (Å²) in [4.78, 5) is 4.21. The largest absolute Gasteiger partial charge is 0.357 e. The predicted molar refractivity (Wildman–Crippen MR) is 58.6 cm³/mol. The second-order valence-electron chi connectivity index (χ2n) is 2.94. The van der Waals surface area contributed by atoms with Crippen molar-refractivity contribution in [3.05, 3.63) is 33.8 Å². The van der Waals surface area contributed by atoms with Crippen molar-refractivity contribution < 1.29 is 0 Å². The zero-order chi connectivity index (χ0) is 10.1. The van der Waals surface area contributed by atoms with Crippen molar-refractivity contribution >= 4 is 22.9 Å². The molecule has 0 unspecified atom stereocenters. The van der Waals surface area contributed by atoms with Gasteiger partial charge in [-0.1, -0.05) is 11.6 Å². The number of aryl methyl sites for hydroxylation is 1. The van der Waals surface area contributed by atoms with Gasteiger partial charge in [0.15, 0.2) is 0 Å². The van der Waals surface area contributed by atoms with Crippen LogP contribution in [0.4, 0.5) is 0 Å². The van der Waals surface area contributed by atoms with E-state index in [1.54, 1.807) is 0 Å². The lowest BCUT2D eigenvalue weighted by Gasteiger charge is -1.88. The van der Waals surface area contributed by atoms with E-state index in [9.17, 15) is 0 Å². The van der Waals surface area contributed by atoms with Crippen LogP contribution in [-0.2, 0) is 0 Å². The smallest absolute Gasteiger partial charge is 0.101 e. The highest BCUT2D eigenvalue weighted by molar-refractivity contribution is 7.19. The summed E-state index contributed by atoms with van der Waals surface area (Å²) in [5, 5.41) is 8.79. The third-order valence-electron chi connectivity index (χ3n) is 1.97. The zero-order valence-corrected chi connectivity index (χ0v) is 9.04. The molecule has 0 radical (unpaired) electrons. The Morgan fingerprint density at radius 3 is 2.79 bits per heavy atom. The number of hydrogen-bond acceptors (Lipinski definition) is 2. The Morgan fingerprint density at radius 2 is 2.29 bits per heavy atom. The maximum Gasteiger partial charge on any atom is 0.101 e. The molecule has 0 aliphatic rings. The van der Waals surface area contributed by atoms with Crippen LogP contribution in [0, 0.1) is 18.3 Å². The van der Waals surface area contributed by atoms with Crippen molar-refractivity contribution in [3.63, 3.8) is 0 Å². The molecule has 2 heterocycles. The number of nitrogens with zero attached hydrogens (tertiary/aromatic N) is 1. The molecule has 0 bridgehead atoms. The highest BCUT2D eigenvalue weighted by Crippen LogP contribution is 2.31. The second-order valence-corrected chi connectivity index (χ2v) is 4.65. The van der Waals surface area contributed by atoms with Crippen LogP contribution in [-0.4, -0.2) is 4.98 Å². The summed E-state index contributed by atoms with van der Waals surface area (Å²) in [6, 6.07) is 7.77. The van der Waals surface area contributed by atoms with Crippen molar-refractivity contribution in [2.24, 2.45) is 0 Å². The Kier molecular flexibility index (Phi) is 2.32. The number of aromatic amines is 1. The fourth-order valence-corrected chi connectivity index (χ4v) is 2.28. The van der Waals surface area contributed by atoms with E-state index in [0.29, 0.717) is 5.56 Å². The molecule has 0 amide bonds. The topological polar surface area (TPSA) is 39.6 Å². The molecular formula is C10H7ClN2S. The van der Waals surface area contributed by atoms with Gasteiger partial charge in [-0.25, -0.2) is 0 Å². The van der Waals surface area contributed by atoms with Crippen LogP contribution in [0.2, 0.25) is 4.34 Å². The molecule has 0 saturated carbocycles. The average molecular weight is 223 g/mol. The molecule has 2 rings (SSSR count). The molecule has 0 atom stereocenters. The normalized spacial score (nSPS) is 10.1. The molecule has 0 fully saturated rings. The molecule has 70 valence electrons. The Labute approximate surface area is 90.8 Å². The van der Waals surface area contributed by atoms with E-state index < -0.39 is 0 Å². The SMILES string of the molecule is Cc1[nH]c(-c2ccc(Cl)s2)cc1C#N. The molecule has 0 saturated heterocycles. The van der Waals surface area contributed by atoms with E-state index in [-0.39, 0.29) is 0 Å². The van der Waals surface area contributed by atoms with Gasteiger partial charge in [-0.3, -0.25) is 0 Å². The summed E-state index contributed by atoms with van der Waals surface area (Å²) in [5.74, 6) is 0. The van der Waals surface area contributed by atoms with Gasteiger partial charge in [0.2, 0.25) is 0 Å². The average Bonchev–Trinajstić information content (AvgIpc) is 2.71. The molecule has 4 heteroatoms. The molecule has 14 heavy (non-hydrogen) atoms. The van der Waals surface area contributed by atoms with Crippen LogP contribution in [0.25, 0.3) is 10.6 Å². The van der Waals surface area contributed by atoms with Gasteiger partial charge in [-0.15, -0.1) is 11.3 Å². The summed E-state index contributed by atoms with van der Waals surface area (Å²) in [6.45, 7) is 1.89. The van der Waals surface area contributed by atoms with Crippen LogP contribution in [0.5, 0.6) is 0 Å². The number of H-pyrrole nitrogens is 1. The van der Waals surface area contributed by atoms with E-state index in [4.69, 9.17) is 16.9 Å². The first-order chi connectivity index (χ1) is 6.70. The molecule has 0 spiro atoms. The van der Waals surface area contributed by atoms with E-state index in [0.717, 1.165) is 20.6 Å². The van der Waals surface area contributed by atoms with E-state index in [1.165, 1.54) is 11.3 Å². The number of thiophene rings is 1. The lowest BCUT2D eigenvalue weighted by atomic mass is 10.2. The molecule has 2 nitrogen and oxygen atoms in total. The zero-order valence-electron chi connectivity index (χ0n) is 7.47. The summed E-state index contributed by atoms with van der Waals surface area (Å²) >= 11 is 7.33. The van der Waals surface area contributed by atoms with Crippen molar-refractivity contribution in [2.75, 3.05) is 0 Å². The minimum Gasteiger partial charge on any atom is -0.357 e. The first-order valence-corrected chi connectivity index (χ1v) is 5.25. The van der Waals surface area contributed by atoms with Gasteiger partial charge in [0.25, 0.3) is 0 Å². The Bertz CT molecular complexity index is 504. The van der Waals surface area contributed by atoms with Crippen LogP contribution < -0.4 is 0 Å². The number of halogens is 1. The van der Waals surface area contributed by atoms with Gasteiger partial charge in [0.1, 0.15) is 6.07 Å². The van der Waals surface area contributed by atoms with Gasteiger partial charge in [0, 0.05) is 5.69 Å². The molecule has 0 aromatic carbocycles. The molecule has 0 aliphatic heterocycles. The van der Waals surface area contributed by atoms with Crippen molar-refractivity contribution in [3.8, 4) is 16.6 Å². The van der Waals surface area contributed by atoms with Gasteiger partial charge in [-0.2, -0.15) is 5.26 Å². The highest BCUT2D eigenvalue weighted by Gasteiger charge is 2.07. The lowest BCUT2D eigenvalue weighted by molar-refractivity contribution is 1.26. The van der Waals surface area contributed by atoms with Gasteiger partial charge < -0.3 is 4.98 Å². The minimum absolute atomic E-state index is 0.685. The molecular weight excluding hydrogens is 216 g/mol. The van der Waals surface area contributed by atoms with Crippen LogP contribution >= 0.6 is 22.9 Å². The number of nitriles is 1. The summed E-state index contributed by atoms with van der Waals surface area (Å²) < 4.78 is 0.755. The highest BCUT2D eigenvalue weighted by atomic mass is 35.5. The Morgan fingerprint density at radius 1 is 1.50 bits per heavy atom. The van der Waals surface area contributed by atoms with Crippen LogP contribution in [0.3, 0.4) is 0 Å². The quantitative estimate of drug-likeness (QED) is 0.787. The predicted octanol–water partition coefficient (Wildman–Crippen LogP) is 3.58. The molecule has 2 aromatic heterocycles. The van der Waals surface area contributed by atoms with Crippen LogP contribution in [0.1, 0.15) is 11.3 Å². The first-order valence-electron chi connectivity index (χ1n) is 4.06. The van der Waals surface area contributed by atoms with E-state index in [2.05, 4.69) is 11.1 Å². The van der Waals surface area contributed by atoms with Gasteiger partial charge in [-0.05, 0) is 25.1 Å². The third-order valence-corrected chi connectivity index (χ3v) is 3.24. The maximum absolute atomic E-state index is 8.79. The molecule has 1 N–H and O–H groups in total. The number of aromatic nitrogens is 1. The summed E-state index contributed by atoms with van der Waals surface area (Å²) in [6.07, 6.45) is 0. The second kappa shape index (κ2) is 3.49. The van der Waals surface area contributed by atoms with Gasteiger partial charge in [0.05, 0.1) is 20.5 Å². The summed E-state index contributed by atoms with van der Waals surface area (Å²) in [5.41, 5.74) is 2.53. The molecule has 2 aromatic rings. The van der Waals surface area contributed by atoms with Gasteiger partial charge >= 0.3 is 0 Å². The van der Waals surface area contributed by atoms with Crippen molar-refractivity contribution in [2.45, 2.75) is 6.92 Å². The Hall–Kier alpha value is -1.24. The standard InChI is InChI=1S/C10H7ClN2S/c1-6-7(5-12)4-8(13-6)9-2-3-10(11)14-9/h2-4,13H,1H3. The number of hydrogen-bond donors (Lipinski definition) is 1. The fourth-order valence-electron chi connectivity index (χ4n) is 1.27. The maximum atomic E-state index is 8.79. The van der Waals surface area contributed by atoms with E-state index in [1.807, 2.05) is 25.1 Å². The third kappa shape index (κ3) is 1.54. The lowest BCUT2D eigenvalue weighted by Crippen LogP contribution is -1.73. The Balaban J connectivity index is 2.48. The van der Waals surface area contributed by atoms with Crippen LogP contribution in [0.15, 0.2) is 18.2 Å². The van der Waals surface area contributed by atoms with Crippen molar-refractivity contribution in [1.29, 1.82) is 5.26 Å². The summed E-state index contributed by atoms with van der Waals surface area (Å²) in [7, 11) is 0. The van der Waals surface area contributed by atoms with Crippen molar-refractivity contribution in [1.82, 2.24) is 4.98 Å². The number of nitrogens with one attached hydrogen (secondary N) is 1. The molecule has 0 aliphatic carbocycles. The first kappa shape index (κ1) is 9.32.